The summed E-state index contributed by atoms with van der Waals surface area (Å²) in [5.41, 5.74) is 4.69. The molecule has 2 aromatic carbocycles. The number of rotatable bonds is 13. The Morgan fingerprint density at radius 3 is 2.39 bits per heavy atom. The zero-order valence-corrected chi connectivity index (χ0v) is 26.2. The van der Waals surface area contributed by atoms with Crippen molar-refractivity contribution in [3.05, 3.63) is 82.9 Å². The Morgan fingerprint density at radius 2 is 1.76 bits per heavy atom. The summed E-state index contributed by atoms with van der Waals surface area (Å²) in [4.78, 5) is 16.9. The van der Waals surface area contributed by atoms with Gasteiger partial charge in [0, 0.05) is 42.9 Å². The molecule has 6 nitrogen and oxygen atoms in total. The Kier molecular flexibility index (Phi) is 10.1. The fourth-order valence-electron chi connectivity index (χ4n) is 5.79. The van der Waals surface area contributed by atoms with Crippen molar-refractivity contribution in [2.75, 3.05) is 7.11 Å². The van der Waals surface area contributed by atoms with Crippen LogP contribution in [0.3, 0.4) is 0 Å². The second-order valence-corrected chi connectivity index (χ2v) is 14.2. The fourth-order valence-corrected chi connectivity index (χ4v) is 6.94. The lowest BCUT2D eigenvalue weighted by Crippen LogP contribution is -2.36. The maximum absolute atomic E-state index is 14.9. The summed E-state index contributed by atoms with van der Waals surface area (Å²) in [6.45, 7) is 13.4. The van der Waals surface area contributed by atoms with Crippen molar-refractivity contribution in [1.29, 1.82) is 0 Å². The SMILES string of the molecule is COP(=O)(O)C(C)C(c1cccc(OCc2ccc(-c3cc(C)ncc3F)c(CN(C(C)C)C(C)C)c2)c1)C1CC1. The summed E-state index contributed by atoms with van der Waals surface area (Å²) in [7, 11) is -2.42. The van der Waals surface area contributed by atoms with E-state index in [2.05, 4.69) is 43.6 Å². The molecule has 1 saturated carbocycles. The smallest absolute Gasteiger partial charge is 0.331 e. The first kappa shape index (κ1) is 31.4. The van der Waals surface area contributed by atoms with Crippen molar-refractivity contribution in [2.24, 2.45) is 5.92 Å². The van der Waals surface area contributed by atoms with E-state index in [9.17, 15) is 13.8 Å². The monoisotopic (exact) mass is 582 g/mol. The summed E-state index contributed by atoms with van der Waals surface area (Å²) < 4.78 is 38.8. The van der Waals surface area contributed by atoms with Gasteiger partial charge in [-0.3, -0.25) is 14.4 Å². The maximum Gasteiger partial charge on any atom is 0.331 e. The Hall–Kier alpha value is -2.57. The lowest BCUT2D eigenvalue weighted by atomic mass is 9.91. The number of aromatic nitrogens is 1. The fraction of sp³-hybridized carbons (Fsp3) is 0.485. The molecule has 1 aliphatic rings. The molecule has 3 unspecified atom stereocenters. The highest BCUT2D eigenvalue weighted by atomic mass is 31.2. The number of pyridine rings is 1. The van der Waals surface area contributed by atoms with Gasteiger partial charge < -0.3 is 14.2 Å². The van der Waals surface area contributed by atoms with Gasteiger partial charge in [-0.05, 0) is 93.8 Å². The first-order valence-corrected chi connectivity index (χ1v) is 16.2. The zero-order valence-electron chi connectivity index (χ0n) is 25.3. The van der Waals surface area contributed by atoms with E-state index in [1.807, 2.05) is 43.3 Å². The topological polar surface area (TPSA) is 71.9 Å². The van der Waals surface area contributed by atoms with Crippen molar-refractivity contribution < 1.29 is 23.1 Å². The van der Waals surface area contributed by atoms with Crippen LogP contribution in [0, 0.1) is 18.7 Å². The number of benzene rings is 2. The molecule has 1 heterocycles. The van der Waals surface area contributed by atoms with Crippen LogP contribution in [0.4, 0.5) is 4.39 Å². The normalized spacial score (nSPS) is 16.7. The van der Waals surface area contributed by atoms with Gasteiger partial charge in [0.25, 0.3) is 0 Å². The van der Waals surface area contributed by atoms with Crippen LogP contribution in [0.2, 0.25) is 0 Å². The van der Waals surface area contributed by atoms with Crippen LogP contribution in [0.15, 0.2) is 54.7 Å². The molecule has 0 saturated heterocycles. The molecule has 8 heteroatoms. The summed E-state index contributed by atoms with van der Waals surface area (Å²) in [5.74, 6) is 0.668. The average Bonchev–Trinajstić information content (AvgIpc) is 3.77. The highest BCUT2D eigenvalue weighted by molar-refractivity contribution is 7.53. The Balaban J connectivity index is 1.61. The molecule has 0 aliphatic heterocycles. The van der Waals surface area contributed by atoms with Crippen molar-refractivity contribution in [3.8, 4) is 16.9 Å². The van der Waals surface area contributed by atoms with Gasteiger partial charge >= 0.3 is 7.60 Å². The highest BCUT2D eigenvalue weighted by Gasteiger charge is 2.43. The van der Waals surface area contributed by atoms with Crippen molar-refractivity contribution in [2.45, 2.75) is 91.2 Å². The van der Waals surface area contributed by atoms with Crippen LogP contribution >= 0.6 is 7.60 Å². The molecule has 1 N–H and O–H groups in total. The summed E-state index contributed by atoms with van der Waals surface area (Å²) in [6.07, 6.45) is 3.37. The predicted octanol–water partition coefficient (Wildman–Crippen LogP) is 8.11. The lowest BCUT2D eigenvalue weighted by molar-refractivity contribution is 0.166. The molecular weight excluding hydrogens is 538 g/mol. The number of hydrogen-bond acceptors (Lipinski definition) is 5. The van der Waals surface area contributed by atoms with Gasteiger partial charge in [-0.25, -0.2) is 4.39 Å². The minimum Gasteiger partial charge on any atom is -0.489 e. The third kappa shape index (κ3) is 7.64. The zero-order chi connectivity index (χ0) is 29.9. The van der Waals surface area contributed by atoms with E-state index in [0.717, 1.165) is 40.8 Å². The third-order valence-corrected chi connectivity index (χ3v) is 10.1. The van der Waals surface area contributed by atoms with Crippen LogP contribution in [0.1, 0.15) is 75.8 Å². The van der Waals surface area contributed by atoms with Gasteiger partial charge in [-0.2, -0.15) is 0 Å². The Labute approximate surface area is 244 Å². The minimum atomic E-state index is -3.72. The largest absolute Gasteiger partial charge is 0.489 e. The van der Waals surface area contributed by atoms with Crippen LogP contribution in [0.5, 0.6) is 5.75 Å². The average molecular weight is 583 g/mol. The second-order valence-electron chi connectivity index (χ2n) is 11.9. The van der Waals surface area contributed by atoms with Crippen LogP contribution in [0.25, 0.3) is 11.1 Å². The highest BCUT2D eigenvalue weighted by Crippen LogP contribution is 2.58. The van der Waals surface area contributed by atoms with Crippen molar-refractivity contribution in [1.82, 2.24) is 9.88 Å². The van der Waals surface area contributed by atoms with Gasteiger partial charge in [-0.15, -0.1) is 0 Å². The first-order valence-electron chi connectivity index (χ1n) is 14.5. The molecule has 1 aliphatic carbocycles. The van der Waals surface area contributed by atoms with Gasteiger partial charge in [0.15, 0.2) is 0 Å². The number of hydrogen-bond donors (Lipinski definition) is 1. The molecule has 222 valence electrons. The number of halogens is 1. The van der Waals surface area contributed by atoms with E-state index in [-0.39, 0.29) is 11.7 Å². The van der Waals surface area contributed by atoms with E-state index in [1.54, 1.807) is 13.0 Å². The van der Waals surface area contributed by atoms with Crippen molar-refractivity contribution in [3.63, 3.8) is 0 Å². The molecule has 0 radical (unpaired) electrons. The van der Waals surface area contributed by atoms with Crippen LogP contribution in [-0.2, 0) is 22.2 Å². The Morgan fingerprint density at radius 1 is 1.05 bits per heavy atom. The molecule has 3 aromatic rings. The molecule has 0 spiro atoms. The van der Waals surface area contributed by atoms with Crippen LogP contribution in [-0.4, -0.2) is 39.6 Å². The van der Waals surface area contributed by atoms with E-state index in [4.69, 9.17) is 9.26 Å². The van der Waals surface area contributed by atoms with E-state index in [1.165, 1.54) is 13.3 Å². The quantitative estimate of drug-likeness (QED) is 0.205. The van der Waals surface area contributed by atoms with Crippen molar-refractivity contribution >= 4 is 7.60 Å². The standard InChI is InChI=1S/C33H44FN2O4P/c1-21(2)36(22(3)4)19-28-16-25(11-14-30(28)31-15-23(5)35-18-32(31)34)20-40-29-10-8-9-27(17-29)33(26-12-13-26)24(6)41(37,38)39-7/h8-11,14-18,21-22,24,26,33H,12-13,19-20H2,1-7H3,(H,37,38). The predicted molar refractivity (Wildman–Crippen MR) is 163 cm³/mol. The molecule has 0 bridgehead atoms. The summed E-state index contributed by atoms with van der Waals surface area (Å²) in [5, 5.41) is 0. The third-order valence-electron chi connectivity index (χ3n) is 8.21. The molecule has 0 amide bonds. The lowest BCUT2D eigenvalue weighted by Gasteiger charge is -2.31. The molecule has 1 aromatic heterocycles. The summed E-state index contributed by atoms with van der Waals surface area (Å²) >= 11 is 0. The van der Waals surface area contributed by atoms with E-state index < -0.39 is 13.3 Å². The van der Waals surface area contributed by atoms with Gasteiger partial charge in [0.1, 0.15) is 18.2 Å². The molecular formula is C33H44FN2O4P. The van der Waals surface area contributed by atoms with Gasteiger partial charge in [-0.1, -0.05) is 37.3 Å². The summed E-state index contributed by atoms with van der Waals surface area (Å²) in [6, 6.07) is 16.4. The molecule has 4 rings (SSSR count). The minimum absolute atomic E-state index is 0.0722. The van der Waals surface area contributed by atoms with E-state index in [0.29, 0.717) is 42.5 Å². The number of ether oxygens (including phenoxy) is 1. The number of nitrogens with zero attached hydrogens (tertiary/aromatic N) is 2. The van der Waals surface area contributed by atoms with Gasteiger partial charge in [0.05, 0.1) is 11.9 Å². The molecule has 1 fully saturated rings. The van der Waals surface area contributed by atoms with Crippen LogP contribution < -0.4 is 4.74 Å². The maximum atomic E-state index is 14.9. The molecule has 41 heavy (non-hydrogen) atoms. The second kappa shape index (κ2) is 13.2. The first-order chi connectivity index (χ1) is 19.4. The Bertz CT molecular complexity index is 1380. The number of aryl methyl sites for hydroxylation is 1. The molecule has 3 atom stereocenters. The van der Waals surface area contributed by atoms with E-state index >= 15 is 0 Å². The van der Waals surface area contributed by atoms with Gasteiger partial charge in [0.2, 0.25) is 0 Å².